The van der Waals surface area contributed by atoms with E-state index in [-0.39, 0.29) is 18.8 Å². The summed E-state index contributed by atoms with van der Waals surface area (Å²) in [6, 6.07) is 8.54. The summed E-state index contributed by atoms with van der Waals surface area (Å²) in [5.41, 5.74) is -1.15. The lowest BCUT2D eigenvalue weighted by molar-refractivity contribution is -0.154. The Labute approximate surface area is 230 Å². The van der Waals surface area contributed by atoms with Gasteiger partial charge in [-0.2, -0.15) is 0 Å². The minimum atomic E-state index is -1.81. The van der Waals surface area contributed by atoms with E-state index >= 15 is 0 Å². The molecule has 1 aromatic rings. The number of carbonyl (C=O) groups is 4. The summed E-state index contributed by atoms with van der Waals surface area (Å²) in [7, 11) is 0. The Balaban J connectivity index is 2.16. The van der Waals surface area contributed by atoms with Gasteiger partial charge < -0.3 is 19.3 Å². The van der Waals surface area contributed by atoms with Crippen LogP contribution < -0.4 is 0 Å². The number of ether oxygens (including phenoxy) is 3. The fourth-order valence-corrected chi connectivity index (χ4v) is 5.62. The first-order chi connectivity index (χ1) is 18.2. The van der Waals surface area contributed by atoms with Gasteiger partial charge in [0.15, 0.2) is 5.78 Å². The van der Waals surface area contributed by atoms with Gasteiger partial charge in [-0.25, -0.2) is 4.79 Å². The molecule has 0 aromatic heterocycles. The maximum absolute atomic E-state index is 13.7. The van der Waals surface area contributed by atoms with E-state index in [9.17, 15) is 24.3 Å². The molecule has 212 valence electrons. The van der Waals surface area contributed by atoms with Gasteiger partial charge >= 0.3 is 17.9 Å². The second-order valence-corrected chi connectivity index (χ2v) is 11.6. The van der Waals surface area contributed by atoms with Crippen molar-refractivity contribution in [3.8, 4) is 0 Å². The highest BCUT2D eigenvalue weighted by Gasteiger charge is 2.56. The third-order valence-electron chi connectivity index (χ3n) is 7.90. The zero-order valence-electron chi connectivity index (χ0n) is 23.9. The highest BCUT2D eigenvalue weighted by atomic mass is 16.6. The predicted octanol–water partition coefficient (Wildman–Crippen LogP) is 4.74. The maximum Gasteiger partial charge on any atom is 0.338 e. The summed E-state index contributed by atoms with van der Waals surface area (Å²) in [5.74, 6) is -3.16. The third kappa shape index (κ3) is 6.85. The SMILES string of the molecule is CC(=O)O[C@@H]1[C@H](C)C[C@]2(O)C(=O)/C(C)=C/CC(C)(C)[C@H](OC(C)=O)C[C@@H](OC(=O)c3ccccc3)/C(C)=C/[C@@H]12. The lowest BCUT2D eigenvalue weighted by Gasteiger charge is -2.37. The van der Waals surface area contributed by atoms with Crippen molar-refractivity contribution in [1.82, 2.24) is 0 Å². The highest BCUT2D eigenvalue weighted by molar-refractivity contribution is 6.02. The van der Waals surface area contributed by atoms with Crippen LogP contribution in [0.5, 0.6) is 0 Å². The van der Waals surface area contributed by atoms with Gasteiger partial charge in [0.05, 0.1) is 11.5 Å². The van der Waals surface area contributed by atoms with Crippen LogP contribution in [0.15, 0.2) is 53.6 Å². The molecular weight excluding hydrogens is 500 g/mol. The molecule has 1 saturated carbocycles. The molecule has 0 saturated heterocycles. The van der Waals surface area contributed by atoms with Crippen molar-refractivity contribution >= 4 is 23.7 Å². The normalized spacial score (nSPS) is 33.6. The number of allylic oxidation sites excluding steroid dienone is 1. The molecule has 39 heavy (non-hydrogen) atoms. The van der Waals surface area contributed by atoms with Crippen molar-refractivity contribution in [2.75, 3.05) is 0 Å². The Morgan fingerprint density at radius 2 is 1.59 bits per heavy atom. The predicted molar refractivity (Wildman–Crippen MR) is 145 cm³/mol. The Morgan fingerprint density at radius 3 is 2.18 bits per heavy atom. The lowest BCUT2D eigenvalue weighted by atomic mass is 9.76. The van der Waals surface area contributed by atoms with Crippen LogP contribution in [0, 0.1) is 17.3 Å². The molecule has 6 atom stereocenters. The first-order valence-electron chi connectivity index (χ1n) is 13.4. The van der Waals surface area contributed by atoms with E-state index in [1.54, 1.807) is 56.3 Å². The molecule has 1 aromatic carbocycles. The maximum atomic E-state index is 13.7. The van der Waals surface area contributed by atoms with E-state index in [1.807, 2.05) is 20.8 Å². The Hall–Kier alpha value is -3.26. The molecule has 1 N–H and O–H groups in total. The van der Waals surface area contributed by atoms with Gasteiger partial charge in [0.2, 0.25) is 0 Å². The number of Topliss-reactive ketones (excluding diaryl/α,β-unsaturated/α-hetero) is 1. The number of ketones is 1. The van der Waals surface area contributed by atoms with Crippen LogP contribution in [0.1, 0.15) is 78.1 Å². The molecule has 2 aliphatic rings. The number of aliphatic hydroxyl groups is 1. The Bertz CT molecular complexity index is 1160. The number of carbonyl (C=O) groups excluding carboxylic acids is 4. The standard InChI is InChI=1S/C31H40O8/c1-18-13-14-30(6,7)26(37-21(4)32)16-25(39-29(35)23-11-9-8-10-12-23)19(2)15-24-27(38-22(5)33)20(3)17-31(24,36)28(18)34/h8-13,15,20,24-27,36H,14,16-17H2,1-7H3/b18-13+,19-15+/t20-,24+,25-,26-,27-,31-/m1/s1. The number of rotatable bonds is 4. The number of benzene rings is 1. The smallest absolute Gasteiger partial charge is 0.338 e. The summed E-state index contributed by atoms with van der Waals surface area (Å²) < 4.78 is 17.3. The van der Waals surface area contributed by atoms with Crippen LogP contribution in [0.4, 0.5) is 0 Å². The zero-order valence-corrected chi connectivity index (χ0v) is 23.9. The van der Waals surface area contributed by atoms with Gasteiger partial charge in [-0.1, -0.05) is 51.1 Å². The van der Waals surface area contributed by atoms with Gasteiger partial charge in [0.1, 0.15) is 23.9 Å². The highest BCUT2D eigenvalue weighted by Crippen LogP contribution is 2.46. The fourth-order valence-electron chi connectivity index (χ4n) is 5.62. The zero-order chi connectivity index (χ0) is 29.1. The van der Waals surface area contributed by atoms with Crippen LogP contribution in [-0.4, -0.2) is 52.7 Å². The second-order valence-electron chi connectivity index (χ2n) is 11.6. The van der Waals surface area contributed by atoms with E-state index in [0.717, 1.165) is 0 Å². The topological polar surface area (TPSA) is 116 Å². The largest absolute Gasteiger partial charge is 0.462 e. The number of hydrogen-bond acceptors (Lipinski definition) is 8. The average molecular weight is 541 g/mol. The van der Waals surface area contributed by atoms with Crippen LogP contribution in [0.25, 0.3) is 0 Å². The number of fused-ring (bicyclic) bond motifs is 1. The molecule has 2 aliphatic carbocycles. The Morgan fingerprint density at radius 1 is 0.974 bits per heavy atom. The molecule has 0 spiro atoms. The molecule has 3 rings (SSSR count). The van der Waals surface area contributed by atoms with E-state index < -0.39 is 58.9 Å². The lowest BCUT2D eigenvalue weighted by Crippen LogP contribution is -2.46. The minimum Gasteiger partial charge on any atom is -0.462 e. The van der Waals surface area contributed by atoms with Gasteiger partial charge in [0.25, 0.3) is 0 Å². The van der Waals surface area contributed by atoms with E-state index in [4.69, 9.17) is 14.2 Å². The van der Waals surface area contributed by atoms with Gasteiger partial charge in [-0.3, -0.25) is 14.4 Å². The van der Waals surface area contributed by atoms with Crippen molar-refractivity contribution in [1.29, 1.82) is 0 Å². The summed E-state index contributed by atoms with van der Waals surface area (Å²) in [6.45, 7) is 11.7. The summed E-state index contributed by atoms with van der Waals surface area (Å²) in [5, 5.41) is 11.8. The second kappa shape index (κ2) is 11.9. The summed E-state index contributed by atoms with van der Waals surface area (Å²) in [6.07, 6.45) is 1.81. The molecular formula is C31H40O8. The molecule has 8 nitrogen and oxygen atoms in total. The molecule has 0 heterocycles. The van der Waals surface area contributed by atoms with Gasteiger partial charge in [0, 0.05) is 25.7 Å². The molecule has 0 radical (unpaired) electrons. The first-order valence-corrected chi connectivity index (χ1v) is 13.4. The molecule has 0 bridgehead atoms. The quantitative estimate of drug-likeness (QED) is 0.331. The van der Waals surface area contributed by atoms with E-state index in [0.29, 0.717) is 23.1 Å². The van der Waals surface area contributed by atoms with Crippen molar-refractivity contribution < 1.29 is 38.5 Å². The minimum absolute atomic E-state index is 0.108. The van der Waals surface area contributed by atoms with Crippen molar-refractivity contribution in [2.24, 2.45) is 17.3 Å². The molecule has 1 fully saturated rings. The molecule has 0 amide bonds. The van der Waals surface area contributed by atoms with E-state index in [1.165, 1.54) is 13.8 Å². The third-order valence-corrected chi connectivity index (χ3v) is 7.90. The average Bonchev–Trinajstić information content (AvgIpc) is 3.09. The monoisotopic (exact) mass is 540 g/mol. The van der Waals surface area contributed by atoms with Crippen LogP contribution >= 0.6 is 0 Å². The number of esters is 3. The van der Waals surface area contributed by atoms with Crippen molar-refractivity contribution in [3.63, 3.8) is 0 Å². The van der Waals surface area contributed by atoms with Crippen molar-refractivity contribution in [3.05, 3.63) is 59.2 Å². The Kier molecular flexibility index (Phi) is 9.21. The first kappa shape index (κ1) is 30.3. The van der Waals surface area contributed by atoms with Crippen LogP contribution in [0.2, 0.25) is 0 Å². The van der Waals surface area contributed by atoms with Crippen molar-refractivity contribution in [2.45, 2.75) is 91.6 Å². The fraction of sp³-hybridized carbons (Fsp3) is 0.548. The van der Waals surface area contributed by atoms with Crippen LogP contribution in [0.3, 0.4) is 0 Å². The molecule has 8 heteroatoms. The molecule has 0 unspecified atom stereocenters. The number of hydrogen-bond donors (Lipinski definition) is 1. The van der Waals surface area contributed by atoms with E-state index in [2.05, 4.69) is 0 Å². The van der Waals surface area contributed by atoms with Gasteiger partial charge in [-0.05, 0) is 55.9 Å². The van der Waals surface area contributed by atoms with Crippen LogP contribution in [-0.2, 0) is 28.6 Å². The summed E-state index contributed by atoms with van der Waals surface area (Å²) >= 11 is 0. The summed E-state index contributed by atoms with van der Waals surface area (Å²) in [4.78, 5) is 50.9. The van der Waals surface area contributed by atoms with Gasteiger partial charge in [-0.15, -0.1) is 0 Å². The molecule has 0 aliphatic heterocycles.